The molecule has 0 aliphatic carbocycles. The summed E-state index contributed by atoms with van der Waals surface area (Å²) in [7, 11) is 4.63. The van der Waals surface area contributed by atoms with Gasteiger partial charge in [0.25, 0.3) is 0 Å². The molecule has 0 saturated heterocycles. The second kappa shape index (κ2) is 7.27. The fourth-order valence-electron chi connectivity index (χ4n) is 2.72. The zero-order valence-corrected chi connectivity index (χ0v) is 14.3. The molecule has 0 unspecified atom stereocenters. The number of hydrogen-bond acceptors (Lipinski definition) is 6. The summed E-state index contributed by atoms with van der Waals surface area (Å²) in [6, 6.07) is 13.1. The predicted octanol–water partition coefficient (Wildman–Crippen LogP) is 3.53. The predicted molar refractivity (Wildman–Crippen MR) is 93.0 cm³/mol. The van der Waals surface area contributed by atoms with Crippen molar-refractivity contribution in [3.8, 4) is 39.8 Å². The average Bonchev–Trinajstić information content (AvgIpc) is 3.11. The summed E-state index contributed by atoms with van der Waals surface area (Å²) in [5.74, 6) is 1.94. The lowest BCUT2D eigenvalue weighted by atomic mass is 10.0. The second-order valence-corrected chi connectivity index (χ2v) is 5.28. The Morgan fingerprint density at radius 1 is 0.920 bits per heavy atom. The minimum atomic E-state index is -0.209. The molecule has 6 nitrogen and oxygen atoms in total. The van der Waals surface area contributed by atoms with Crippen molar-refractivity contribution in [2.75, 3.05) is 21.3 Å². The lowest BCUT2D eigenvalue weighted by Crippen LogP contribution is -1.96. The first-order chi connectivity index (χ1) is 12.2. The molecule has 0 spiro atoms. The molecule has 3 rings (SSSR count). The standard InChI is InChI=1S/C19H19NO5/c1-22-15-9-13(10-16(23-2)19(15)24-3)18-14(11-21)17(20-25-18)12-7-5-4-6-8-12/h4-10,21H,11H2,1-3H3. The van der Waals surface area contributed by atoms with Crippen LogP contribution in [0.25, 0.3) is 22.6 Å². The normalized spacial score (nSPS) is 10.6. The number of nitrogens with zero attached hydrogens (tertiary/aromatic N) is 1. The highest BCUT2D eigenvalue weighted by Gasteiger charge is 2.22. The number of benzene rings is 2. The Morgan fingerprint density at radius 2 is 1.56 bits per heavy atom. The first-order valence-electron chi connectivity index (χ1n) is 7.68. The van der Waals surface area contributed by atoms with E-state index in [1.54, 1.807) is 33.5 Å². The third-order valence-electron chi connectivity index (χ3n) is 3.92. The van der Waals surface area contributed by atoms with Gasteiger partial charge in [0.2, 0.25) is 5.75 Å². The van der Waals surface area contributed by atoms with Crippen LogP contribution in [0.1, 0.15) is 5.56 Å². The average molecular weight is 341 g/mol. The van der Waals surface area contributed by atoms with Crippen LogP contribution in [-0.2, 0) is 6.61 Å². The SMILES string of the molecule is COc1cc(-c2onc(-c3ccccc3)c2CO)cc(OC)c1OC. The van der Waals surface area contributed by atoms with Gasteiger partial charge in [-0.15, -0.1) is 0 Å². The van der Waals surface area contributed by atoms with Gasteiger partial charge in [-0.1, -0.05) is 35.5 Å². The van der Waals surface area contributed by atoms with Crippen LogP contribution in [0.3, 0.4) is 0 Å². The molecule has 1 aromatic heterocycles. The fourth-order valence-corrected chi connectivity index (χ4v) is 2.72. The molecule has 1 N–H and O–H groups in total. The van der Waals surface area contributed by atoms with Crippen LogP contribution < -0.4 is 14.2 Å². The summed E-state index contributed by atoms with van der Waals surface area (Å²) in [5, 5.41) is 14.0. The summed E-state index contributed by atoms with van der Waals surface area (Å²) in [6.45, 7) is -0.209. The van der Waals surface area contributed by atoms with Gasteiger partial charge >= 0.3 is 0 Å². The van der Waals surface area contributed by atoms with Crippen LogP contribution in [0.5, 0.6) is 17.2 Å². The van der Waals surface area contributed by atoms with Gasteiger partial charge in [-0.25, -0.2) is 0 Å². The van der Waals surface area contributed by atoms with E-state index in [9.17, 15) is 5.11 Å². The number of hydrogen-bond donors (Lipinski definition) is 1. The Hall–Kier alpha value is -2.99. The molecule has 25 heavy (non-hydrogen) atoms. The van der Waals surface area contributed by atoms with Crippen molar-refractivity contribution in [3.63, 3.8) is 0 Å². The van der Waals surface area contributed by atoms with Gasteiger partial charge in [-0.2, -0.15) is 0 Å². The van der Waals surface area contributed by atoms with Gasteiger partial charge in [0, 0.05) is 11.1 Å². The van der Waals surface area contributed by atoms with E-state index in [0.29, 0.717) is 39.8 Å². The summed E-state index contributed by atoms with van der Waals surface area (Å²) >= 11 is 0. The first kappa shape index (κ1) is 16.9. The molecule has 0 radical (unpaired) electrons. The van der Waals surface area contributed by atoms with Crippen LogP contribution in [0, 0.1) is 0 Å². The third kappa shape index (κ3) is 3.04. The Bertz CT molecular complexity index is 833. The smallest absolute Gasteiger partial charge is 0.203 e. The second-order valence-electron chi connectivity index (χ2n) is 5.28. The van der Waals surface area contributed by atoms with Gasteiger partial charge < -0.3 is 23.8 Å². The largest absolute Gasteiger partial charge is 0.493 e. The topological polar surface area (TPSA) is 74.0 Å². The summed E-state index contributed by atoms with van der Waals surface area (Å²) < 4.78 is 21.6. The molecule has 0 aliphatic heterocycles. The van der Waals surface area contributed by atoms with Crippen molar-refractivity contribution in [1.82, 2.24) is 5.16 Å². The molecule has 0 atom stereocenters. The number of aromatic nitrogens is 1. The van der Waals surface area contributed by atoms with Crippen LogP contribution in [0.15, 0.2) is 47.0 Å². The molecular formula is C19H19NO5. The monoisotopic (exact) mass is 341 g/mol. The van der Waals surface area contributed by atoms with E-state index in [4.69, 9.17) is 18.7 Å². The van der Waals surface area contributed by atoms with Gasteiger partial charge in [0.05, 0.1) is 33.5 Å². The third-order valence-corrected chi connectivity index (χ3v) is 3.92. The number of rotatable bonds is 6. The first-order valence-corrected chi connectivity index (χ1v) is 7.68. The number of aliphatic hydroxyl groups is 1. The Kier molecular flexibility index (Phi) is 4.90. The lowest BCUT2D eigenvalue weighted by Gasteiger charge is -2.13. The van der Waals surface area contributed by atoms with E-state index >= 15 is 0 Å². The van der Waals surface area contributed by atoms with Gasteiger partial charge in [0.15, 0.2) is 17.3 Å². The van der Waals surface area contributed by atoms with Crippen LogP contribution in [0.4, 0.5) is 0 Å². The summed E-state index contributed by atoms with van der Waals surface area (Å²) in [5.41, 5.74) is 2.74. The molecule has 1 heterocycles. The Balaban J connectivity index is 2.16. The molecule has 0 bridgehead atoms. The van der Waals surface area contributed by atoms with Crippen LogP contribution in [-0.4, -0.2) is 31.6 Å². The molecule has 0 fully saturated rings. The Labute approximate surface area is 145 Å². The number of aliphatic hydroxyl groups excluding tert-OH is 1. The number of methoxy groups -OCH3 is 3. The van der Waals surface area contributed by atoms with Gasteiger partial charge in [0.1, 0.15) is 5.69 Å². The number of ether oxygens (including phenoxy) is 3. The van der Waals surface area contributed by atoms with E-state index in [0.717, 1.165) is 5.56 Å². The summed E-state index contributed by atoms with van der Waals surface area (Å²) in [6.07, 6.45) is 0. The minimum Gasteiger partial charge on any atom is -0.493 e. The van der Waals surface area contributed by atoms with Gasteiger partial charge in [-0.05, 0) is 12.1 Å². The fraction of sp³-hybridized carbons (Fsp3) is 0.211. The van der Waals surface area contributed by atoms with Crippen molar-refractivity contribution in [1.29, 1.82) is 0 Å². The van der Waals surface area contributed by atoms with E-state index in [-0.39, 0.29) is 6.61 Å². The molecule has 130 valence electrons. The zero-order valence-electron chi connectivity index (χ0n) is 14.3. The van der Waals surface area contributed by atoms with Crippen molar-refractivity contribution in [3.05, 3.63) is 48.0 Å². The zero-order chi connectivity index (χ0) is 17.8. The molecule has 3 aromatic rings. The van der Waals surface area contributed by atoms with Crippen molar-refractivity contribution < 1.29 is 23.8 Å². The highest BCUT2D eigenvalue weighted by Crippen LogP contribution is 2.43. The van der Waals surface area contributed by atoms with Gasteiger partial charge in [-0.3, -0.25) is 0 Å². The molecule has 0 amide bonds. The van der Waals surface area contributed by atoms with Crippen molar-refractivity contribution >= 4 is 0 Å². The maximum absolute atomic E-state index is 9.88. The quantitative estimate of drug-likeness (QED) is 0.739. The highest BCUT2D eigenvalue weighted by molar-refractivity contribution is 5.75. The maximum Gasteiger partial charge on any atom is 0.203 e. The van der Waals surface area contributed by atoms with E-state index < -0.39 is 0 Å². The lowest BCUT2D eigenvalue weighted by molar-refractivity contribution is 0.281. The van der Waals surface area contributed by atoms with Crippen molar-refractivity contribution in [2.45, 2.75) is 6.61 Å². The molecule has 2 aromatic carbocycles. The minimum absolute atomic E-state index is 0.209. The van der Waals surface area contributed by atoms with Crippen LogP contribution >= 0.6 is 0 Å². The molecule has 0 aliphatic rings. The molecule has 6 heteroatoms. The Morgan fingerprint density at radius 3 is 2.08 bits per heavy atom. The van der Waals surface area contributed by atoms with E-state index in [1.807, 2.05) is 30.3 Å². The maximum atomic E-state index is 9.88. The van der Waals surface area contributed by atoms with Crippen LogP contribution in [0.2, 0.25) is 0 Å². The highest BCUT2D eigenvalue weighted by atomic mass is 16.5. The van der Waals surface area contributed by atoms with Crippen molar-refractivity contribution in [2.24, 2.45) is 0 Å². The molecule has 0 saturated carbocycles. The summed E-state index contributed by atoms with van der Waals surface area (Å²) in [4.78, 5) is 0. The van der Waals surface area contributed by atoms with E-state index in [1.165, 1.54) is 0 Å². The molecular weight excluding hydrogens is 322 g/mol. The van der Waals surface area contributed by atoms with E-state index in [2.05, 4.69) is 5.16 Å².